The maximum absolute atomic E-state index is 11.6. The summed E-state index contributed by atoms with van der Waals surface area (Å²) in [7, 11) is 1.47. The van der Waals surface area contributed by atoms with Gasteiger partial charge in [0.2, 0.25) is 0 Å². The highest BCUT2D eigenvalue weighted by Gasteiger charge is 2.40. The summed E-state index contributed by atoms with van der Waals surface area (Å²) in [6.45, 7) is 2.12. The monoisotopic (exact) mass is 411 g/mol. The second-order valence-corrected chi connectivity index (χ2v) is 8.92. The maximum atomic E-state index is 11.6. The Labute approximate surface area is 176 Å². The Morgan fingerprint density at radius 3 is 2.62 bits per heavy atom. The number of nitrogens with zero attached hydrogens (tertiary/aromatic N) is 1. The molecule has 0 radical (unpaired) electrons. The Balaban J connectivity index is 1.20. The predicted octanol–water partition coefficient (Wildman–Crippen LogP) is 4.89. The van der Waals surface area contributed by atoms with Crippen molar-refractivity contribution in [3.63, 3.8) is 0 Å². The number of likely N-dealkylation sites (tertiary alicyclic amines) is 1. The molecule has 1 heterocycles. The highest BCUT2D eigenvalue weighted by Crippen LogP contribution is 2.43. The van der Waals surface area contributed by atoms with E-state index in [4.69, 9.17) is 21.1 Å². The van der Waals surface area contributed by atoms with Crippen LogP contribution in [0.25, 0.3) is 0 Å². The second-order valence-electron chi connectivity index (χ2n) is 8.51. The number of hydrogen-bond donors (Lipinski definition) is 0. The lowest BCUT2D eigenvalue weighted by atomic mass is 9.95. The summed E-state index contributed by atoms with van der Waals surface area (Å²) in [6.07, 6.45) is 4.67. The van der Waals surface area contributed by atoms with Gasteiger partial charge in [-0.15, -0.1) is 0 Å². The summed E-state index contributed by atoms with van der Waals surface area (Å²) in [5, 5.41) is 0.866. The molecule has 2 aromatic rings. The van der Waals surface area contributed by atoms with Gasteiger partial charge >= 0.3 is 5.97 Å². The number of fused-ring (bicyclic) bond motifs is 1. The molecule has 2 aliphatic carbocycles. The number of ether oxygens (including phenoxy) is 2. The molecule has 5 rings (SSSR count). The SMILES string of the molecule is COC(=O)C1CN(C2CCc3cc(OCc4ccc(C5CC5)c(Cl)c4)ccc32)C1. The zero-order valence-corrected chi connectivity index (χ0v) is 17.5. The van der Waals surface area contributed by atoms with Crippen molar-refractivity contribution in [1.29, 1.82) is 0 Å². The lowest BCUT2D eigenvalue weighted by Crippen LogP contribution is -2.51. The molecular formula is C24H26ClNO3. The van der Waals surface area contributed by atoms with Crippen molar-refractivity contribution in [2.24, 2.45) is 5.92 Å². The van der Waals surface area contributed by atoms with Gasteiger partial charge in [0, 0.05) is 24.2 Å². The van der Waals surface area contributed by atoms with E-state index < -0.39 is 0 Å². The van der Waals surface area contributed by atoms with Crippen molar-refractivity contribution in [1.82, 2.24) is 4.90 Å². The van der Waals surface area contributed by atoms with Crippen LogP contribution in [0.15, 0.2) is 36.4 Å². The summed E-state index contributed by atoms with van der Waals surface area (Å²) in [6, 6.07) is 13.2. The standard InChI is InChI=1S/C24H26ClNO3/c1-28-24(27)18-12-26(13-18)23-9-5-17-11-19(6-8-21(17)23)29-14-15-2-7-20(16-3-4-16)22(25)10-15/h2,6-8,10-11,16,18,23H,3-5,9,12-14H2,1H3. The van der Waals surface area contributed by atoms with Gasteiger partial charge in [0.15, 0.2) is 0 Å². The number of aryl methyl sites for hydroxylation is 1. The number of benzene rings is 2. The minimum atomic E-state index is -0.0894. The first-order valence-corrected chi connectivity index (χ1v) is 10.9. The molecule has 1 atom stereocenters. The summed E-state index contributed by atoms with van der Waals surface area (Å²) >= 11 is 6.44. The molecule has 152 valence electrons. The van der Waals surface area contributed by atoms with Crippen LogP contribution in [-0.2, 0) is 22.6 Å². The van der Waals surface area contributed by atoms with Gasteiger partial charge in [-0.25, -0.2) is 0 Å². The quantitative estimate of drug-likeness (QED) is 0.634. The van der Waals surface area contributed by atoms with Gasteiger partial charge in [-0.1, -0.05) is 29.8 Å². The summed E-state index contributed by atoms with van der Waals surface area (Å²) in [4.78, 5) is 14.0. The second kappa shape index (κ2) is 7.66. The summed E-state index contributed by atoms with van der Waals surface area (Å²) < 4.78 is 10.9. The molecule has 0 N–H and O–H groups in total. The van der Waals surface area contributed by atoms with Crippen LogP contribution in [0.4, 0.5) is 0 Å². The van der Waals surface area contributed by atoms with Crippen LogP contribution in [0, 0.1) is 5.92 Å². The molecule has 2 fully saturated rings. The van der Waals surface area contributed by atoms with Gasteiger partial charge in [0.1, 0.15) is 12.4 Å². The van der Waals surface area contributed by atoms with Gasteiger partial charge in [0.05, 0.1) is 13.0 Å². The van der Waals surface area contributed by atoms with Crippen LogP contribution < -0.4 is 4.74 Å². The van der Waals surface area contributed by atoms with Crippen molar-refractivity contribution >= 4 is 17.6 Å². The number of rotatable bonds is 6. The van der Waals surface area contributed by atoms with Crippen molar-refractivity contribution in [3.8, 4) is 5.75 Å². The van der Waals surface area contributed by atoms with Gasteiger partial charge < -0.3 is 9.47 Å². The minimum absolute atomic E-state index is 0.0322. The van der Waals surface area contributed by atoms with E-state index in [1.807, 2.05) is 6.07 Å². The molecule has 0 spiro atoms. The number of halogens is 1. The number of methoxy groups -OCH3 is 1. The van der Waals surface area contributed by atoms with Crippen LogP contribution in [0.5, 0.6) is 5.75 Å². The Kier molecular flexibility index (Phi) is 5.00. The molecule has 0 aromatic heterocycles. The van der Waals surface area contributed by atoms with Gasteiger partial charge in [-0.3, -0.25) is 9.69 Å². The van der Waals surface area contributed by atoms with E-state index in [2.05, 4.69) is 35.2 Å². The van der Waals surface area contributed by atoms with Crippen molar-refractivity contribution in [3.05, 3.63) is 63.7 Å². The number of esters is 1. The van der Waals surface area contributed by atoms with E-state index in [1.54, 1.807) is 0 Å². The van der Waals surface area contributed by atoms with Crippen LogP contribution in [0.2, 0.25) is 5.02 Å². The van der Waals surface area contributed by atoms with Crippen molar-refractivity contribution in [2.45, 2.75) is 44.2 Å². The average molecular weight is 412 g/mol. The molecule has 5 heteroatoms. The van der Waals surface area contributed by atoms with Crippen molar-refractivity contribution < 1.29 is 14.3 Å². The predicted molar refractivity (Wildman–Crippen MR) is 112 cm³/mol. The molecule has 2 aromatic carbocycles. The highest BCUT2D eigenvalue weighted by atomic mass is 35.5. The fourth-order valence-corrected chi connectivity index (χ4v) is 5.03. The van der Waals surface area contributed by atoms with Crippen molar-refractivity contribution in [2.75, 3.05) is 20.2 Å². The lowest BCUT2D eigenvalue weighted by Gasteiger charge is -2.41. The van der Waals surface area contributed by atoms with Crippen LogP contribution >= 0.6 is 11.6 Å². The first-order valence-electron chi connectivity index (χ1n) is 10.5. The molecule has 1 saturated carbocycles. The molecular weight excluding hydrogens is 386 g/mol. The maximum Gasteiger partial charge on any atom is 0.311 e. The Hall–Kier alpha value is -2.04. The van der Waals surface area contributed by atoms with E-state index in [-0.39, 0.29) is 11.9 Å². The fourth-order valence-electron chi connectivity index (χ4n) is 4.68. The molecule has 3 aliphatic rings. The van der Waals surface area contributed by atoms with E-state index >= 15 is 0 Å². The van der Waals surface area contributed by atoms with E-state index in [0.29, 0.717) is 18.6 Å². The topological polar surface area (TPSA) is 38.8 Å². The Morgan fingerprint density at radius 1 is 1.10 bits per heavy atom. The van der Waals surface area contributed by atoms with Crippen LogP contribution in [-0.4, -0.2) is 31.1 Å². The molecule has 1 saturated heterocycles. The van der Waals surface area contributed by atoms with Gasteiger partial charge in [-0.2, -0.15) is 0 Å². The lowest BCUT2D eigenvalue weighted by molar-refractivity contribution is -0.152. The summed E-state index contributed by atoms with van der Waals surface area (Å²) in [5.41, 5.74) is 5.11. The molecule has 1 unspecified atom stereocenters. The smallest absolute Gasteiger partial charge is 0.311 e. The number of carbonyl (C=O) groups is 1. The number of carbonyl (C=O) groups excluding carboxylic acids is 1. The molecule has 29 heavy (non-hydrogen) atoms. The minimum Gasteiger partial charge on any atom is -0.489 e. The molecule has 1 aliphatic heterocycles. The van der Waals surface area contributed by atoms with Crippen LogP contribution in [0.3, 0.4) is 0 Å². The third kappa shape index (κ3) is 3.76. The molecule has 4 nitrogen and oxygen atoms in total. The average Bonchev–Trinajstić information content (AvgIpc) is 3.45. The largest absolute Gasteiger partial charge is 0.489 e. The fraction of sp³-hybridized carbons (Fsp3) is 0.458. The van der Waals surface area contributed by atoms with E-state index in [9.17, 15) is 4.79 Å². The van der Waals surface area contributed by atoms with E-state index in [0.717, 1.165) is 42.3 Å². The third-order valence-corrected chi connectivity index (χ3v) is 6.86. The molecule has 0 amide bonds. The third-order valence-electron chi connectivity index (χ3n) is 6.53. The van der Waals surface area contributed by atoms with Gasteiger partial charge in [-0.05, 0) is 72.1 Å². The Morgan fingerprint density at radius 2 is 1.90 bits per heavy atom. The van der Waals surface area contributed by atoms with Crippen LogP contribution in [0.1, 0.15) is 53.5 Å². The first kappa shape index (κ1) is 19.0. The first-order chi connectivity index (χ1) is 14.1. The zero-order valence-electron chi connectivity index (χ0n) is 16.7. The molecule has 0 bridgehead atoms. The number of hydrogen-bond acceptors (Lipinski definition) is 4. The summed E-state index contributed by atoms with van der Waals surface area (Å²) in [5.74, 6) is 1.51. The van der Waals surface area contributed by atoms with E-state index in [1.165, 1.54) is 36.6 Å². The van der Waals surface area contributed by atoms with Gasteiger partial charge in [0.25, 0.3) is 0 Å². The normalized spacial score (nSPS) is 21.5. The highest BCUT2D eigenvalue weighted by molar-refractivity contribution is 6.31. The Bertz CT molecular complexity index is 934. The zero-order chi connectivity index (χ0) is 20.0.